The largest absolute Gasteiger partial charge is 0.508 e. The van der Waals surface area contributed by atoms with Crippen molar-refractivity contribution in [3.63, 3.8) is 0 Å². The van der Waals surface area contributed by atoms with Gasteiger partial charge < -0.3 is 10.0 Å². The zero-order valence-electron chi connectivity index (χ0n) is 21.1. The summed E-state index contributed by atoms with van der Waals surface area (Å²) in [6, 6.07) is 26.2. The number of aromatic nitrogens is 1. The van der Waals surface area contributed by atoms with E-state index in [1.54, 1.807) is 0 Å². The molecule has 0 amide bonds. The molecule has 1 aliphatic heterocycles. The van der Waals surface area contributed by atoms with Crippen LogP contribution >= 0.6 is 0 Å². The van der Waals surface area contributed by atoms with Crippen molar-refractivity contribution in [2.45, 2.75) is 32.7 Å². The molecule has 0 radical (unpaired) electrons. The van der Waals surface area contributed by atoms with E-state index >= 15 is 0 Å². The highest BCUT2D eigenvalue weighted by Crippen LogP contribution is 2.43. The van der Waals surface area contributed by atoms with Crippen molar-refractivity contribution in [3.8, 4) is 5.75 Å². The first-order valence-corrected chi connectivity index (χ1v) is 13.1. The minimum atomic E-state index is 0.335. The molecule has 2 heterocycles. The van der Waals surface area contributed by atoms with Gasteiger partial charge in [-0.25, -0.2) is 0 Å². The quantitative estimate of drug-likeness (QED) is 0.372. The summed E-state index contributed by atoms with van der Waals surface area (Å²) in [5, 5.41) is 11.4. The van der Waals surface area contributed by atoms with Gasteiger partial charge in [-0.05, 0) is 96.5 Å². The van der Waals surface area contributed by atoms with Crippen LogP contribution in [0.5, 0.6) is 5.75 Å². The van der Waals surface area contributed by atoms with E-state index in [4.69, 9.17) is 0 Å². The highest BCUT2D eigenvalue weighted by molar-refractivity contribution is 6.06. The van der Waals surface area contributed by atoms with Crippen molar-refractivity contribution in [3.05, 3.63) is 101 Å². The van der Waals surface area contributed by atoms with Crippen molar-refractivity contribution in [1.29, 1.82) is 0 Å². The summed E-state index contributed by atoms with van der Waals surface area (Å²) in [5.41, 5.74) is 9.84. The third kappa shape index (κ3) is 4.16. The number of pyridine rings is 1. The van der Waals surface area contributed by atoms with Crippen LogP contribution in [0, 0.1) is 0 Å². The summed E-state index contributed by atoms with van der Waals surface area (Å²) >= 11 is 0. The van der Waals surface area contributed by atoms with E-state index in [1.807, 2.05) is 24.4 Å². The van der Waals surface area contributed by atoms with Crippen LogP contribution in [0.25, 0.3) is 22.0 Å². The van der Waals surface area contributed by atoms with Crippen LogP contribution in [-0.4, -0.2) is 47.2 Å². The number of nitrogens with zero attached hydrogens (tertiary/aromatic N) is 3. The van der Waals surface area contributed by atoms with Gasteiger partial charge in [0.25, 0.3) is 0 Å². The summed E-state index contributed by atoms with van der Waals surface area (Å²) in [6.45, 7) is 8.92. The summed E-state index contributed by atoms with van der Waals surface area (Å²) < 4.78 is 0. The smallest absolute Gasteiger partial charge is 0.115 e. The molecule has 1 aromatic heterocycles. The van der Waals surface area contributed by atoms with E-state index in [1.165, 1.54) is 44.5 Å². The van der Waals surface area contributed by atoms with E-state index < -0.39 is 0 Å². The Balaban J connectivity index is 1.43. The Bertz CT molecular complexity index is 1420. The Kier molecular flexibility index (Phi) is 5.98. The van der Waals surface area contributed by atoms with Crippen molar-refractivity contribution in [2.75, 3.05) is 31.1 Å². The van der Waals surface area contributed by atoms with Gasteiger partial charge >= 0.3 is 0 Å². The van der Waals surface area contributed by atoms with Crippen molar-refractivity contribution in [2.24, 2.45) is 0 Å². The van der Waals surface area contributed by atoms with Crippen LogP contribution in [0.2, 0.25) is 0 Å². The fourth-order valence-corrected chi connectivity index (χ4v) is 5.88. The van der Waals surface area contributed by atoms with Gasteiger partial charge in [0.1, 0.15) is 5.75 Å². The molecule has 0 atom stereocenters. The lowest BCUT2D eigenvalue weighted by Crippen LogP contribution is -2.48. The van der Waals surface area contributed by atoms with Crippen LogP contribution in [0.15, 0.2) is 79.0 Å². The van der Waals surface area contributed by atoms with Crippen LogP contribution in [0.1, 0.15) is 42.5 Å². The molecule has 0 unspecified atom stereocenters. The first-order chi connectivity index (χ1) is 17.6. The van der Waals surface area contributed by atoms with Crippen molar-refractivity contribution in [1.82, 2.24) is 9.88 Å². The number of allylic oxidation sites excluding steroid dienone is 1. The lowest BCUT2D eigenvalue weighted by atomic mass is 9.79. The average molecular weight is 476 g/mol. The summed E-state index contributed by atoms with van der Waals surface area (Å²) in [6.07, 6.45) is 3.70. The number of phenolic OH excluding ortho intramolecular Hbond substituents is 1. The Morgan fingerprint density at radius 2 is 1.61 bits per heavy atom. The molecule has 1 fully saturated rings. The molecule has 1 aliphatic carbocycles. The lowest BCUT2D eigenvalue weighted by molar-refractivity contribution is 0.209. The number of piperazine rings is 1. The number of rotatable bonds is 4. The molecule has 0 spiro atoms. The second-order valence-electron chi connectivity index (χ2n) is 10.2. The van der Waals surface area contributed by atoms with Crippen LogP contribution in [0.3, 0.4) is 0 Å². The third-order valence-electron chi connectivity index (χ3n) is 7.84. The van der Waals surface area contributed by atoms with Gasteiger partial charge in [-0.1, -0.05) is 36.4 Å². The molecule has 182 valence electrons. The number of aromatic hydroxyl groups is 1. The second kappa shape index (κ2) is 9.44. The van der Waals surface area contributed by atoms with E-state index in [9.17, 15) is 5.11 Å². The van der Waals surface area contributed by atoms with Crippen LogP contribution in [0.4, 0.5) is 5.69 Å². The Morgan fingerprint density at radius 3 is 2.39 bits per heavy atom. The second-order valence-corrected chi connectivity index (χ2v) is 10.2. The molecule has 3 aromatic carbocycles. The van der Waals surface area contributed by atoms with Crippen LogP contribution < -0.4 is 4.90 Å². The number of hydrogen-bond acceptors (Lipinski definition) is 4. The molecule has 4 nitrogen and oxygen atoms in total. The molecule has 4 aromatic rings. The van der Waals surface area contributed by atoms with Gasteiger partial charge in [0.05, 0.1) is 5.52 Å². The third-order valence-corrected chi connectivity index (χ3v) is 7.84. The minimum absolute atomic E-state index is 0.335. The Labute approximate surface area is 213 Å². The molecular weight excluding hydrogens is 442 g/mol. The van der Waals surface area contributed by atoms with Gasteiger partial charge in [-0.2, -0.15) is 0 Å². The number of phenols is 1. The molecule has 1 N–H and O–H groups in total. The highest BCUT2D eigenvalue weighted by atomic mass is 16.3. The van der Waals surface area contributed by atoms with Crippen molar-refractivity contribution >= 4 is 27.7 Å². The normalized spacial score (nSPS) is 16.6. The zero-order chi connectivity index (χ0) is 24.6. The van der Waals surface area contributed by atoms with Crippen LogP contribution in [-0.2, 0) is 6.42 Å². The van der Waals surface area contributed by atoms with Gasteiger partial charge in [-0.15, -0.1) is 0 Å². The van der Waals surface area contributed by atoms with Gasteiger partial charge in [-0.3, -0.25) is 9.88 Å². The standard InChI is InChI=1S/C32H33N3O/c1-22(2)34-17-19-35(20-18-34)25-11-8-23(9-12-25)32-27-15-13-26(36)21-24(27)10-14-30(32)28-5-3-7-31-29(28)6-4-16-33-31/h3-9,11-13,15-16,21-22,36H,10,14,17-20H2,1-2H3. The average Bonchev–Trinajstić information content (AvgIpc) is 2.92. The molecule has 1 saturated heterocycles. The zero-order valence-corrected chi connectivity index (χ0v) is 21.1. The van der Waals surface area contributed by atoms with Gasteiger partial charge in [0, 0.05) is 49.5 Å². The summed E-state index contributed by atoms with van der Waals surface area (Å²) in [5.74, 6) is 0.335. The Hall–Kier alpha value is -3.63. The van der Waals surface area contributed by atoms with Gasteiger partial charge in [0.2, 0.25) is 0 Å². The van der Waals surface area contributed by atoms with E-state index in [-0.39, 0.29) is 0 Å². The number of benzene rings is 3. The lowest BCUT2D eigenvalue weighted by Gasteiger charge is -2.38. The number of fused-ring (bicyclic) bond motifs is 2. The molecule has 0 saturated carbocycles. The topological polar surface area (TPSA) is 39.6 Å². The molecule has 6 rings (SSSR count). The first kappa shape index (κ1) is 22.8. The maximum atomic E-state index is 10.2. The number of hydrogen-bond donors (Lipinski definition) is 1. The molecule has 0 bridgehead atoms. The first-order valence-electron chi connectivity index (χ1n) is 13.1. The van der Waals surface area contributed by atoms with Crippen molar-refractivity contribution < 1.29 is 5.11 Å². The maximum absolute atomic E-state index is 10.2. The predicted molar refractivity (Wildman–Crippen MR) is 149 cm³/mol. The summed E-state index contributed by atoms with van der Waals surface area (Å²) in [4.78, 5) is 9.66. The summed E-state index contributed by atoms with van der Waals surface area (Å²) in [7, 11) is 0. The number of anilines is 1. The monoisotopic (exact) mass is 475 g/mol. The predicted octanol–water partition coefficient (Wildman–Crippen LogP) is 6.38. The maximum Gasteiger partial charge on any atom is 0.115 e. The molecule has 36 heavy (non-hydrogen) atoms. The fourth-order valence-electron chi connectivity index (χ4n) is 5.88. The van der Waals surface area contributed by atoms with E-state index in [0.717, 1.165) is 44.5 Å². The highest BCUT2D eigenvalue weighted by Gasteiger charge is 2.24. The van der Waals surface area contributed by atoms with E-state index in [0.29, 0.717) is 11.8 Å². The molecular formula is C32H33N3O. The Morgan fingerprint density at radius 1 is 0.806 bits per heavy atom. The fraction of sp³-hybridized carbons (Fsp3) is 0.281. The minimum Gasteiger partial charge on any atom is -0.508 e. The van der Waals surface area contributed by atoms with E-state index in [2.05, 4.69) is 83.2 Å². The molecule has 2 aliphatic rings. The molecule has 4 heteroatoms. The SMILES string of the molecule is CC(C)N1CCN(c2ccc(C3=C(c4cccc5ncccc45)CCc4cc(O)ccc43)cc2)CC1. The number of aryl methyl sites for hydroxylation is 1. The van der Waals surface area contributed by atoms with Gasteiger partial charge in [0.15, 0.2) is 0 Å².